The van der Waals surface area contributed by atoms with Gasteiger partial charge in [0.05, 0.1) is 0 Å². The summed E-state index contributed by atoms with van der Waals surface area (Å²) in [5.41, 5.74) is 9.16. The fourth-order valence-electron chi connectivity index (χ4n) is 2.59. The van der Waals surface area contributed by atoms with Gasteiger partial charge in [0.15, 0.2) is 11.0 Å². The molecule has 2 heterocycles. The molecule has 0 unspecified atom stereocenters. The van der Waals surface area contributed by atoms with Gasteiger partial charge in [-0.1, -0.05) is 31.2 Å². The highest BCUT2D eigenvalue weighted by atomic mass is 32.1. The number of hydrogen-bond acceptors (Lipinski definition) is 5. The highest BCUT2D eigenvalue weighted by Gasteiger charge is 2.07. The molecule has 118 valence electrons. The van der Waals surface area contributed by atoms with E-state index in [4.69, 9.17) is 10.7 Å². The van der Waals surface area contributed by atoms with Gasteiger partial charge in [0, 0.05) is 28.5 Å². The van der Waals surface area contributed by atoms with E-state index in [0.29, 0.717) is 5.13 Å². The normalized spacial score (nSPS) is 10.8. The van der Waals surface area contributed by atoms with Gasteiger partial charge >= 0.3 is 0 Å². The maximum Gasteiger partial charge on any atom is 0.180 e. The summed E-state index contributed by atoms with van der Waals surface area (Å²) < 4.78 is 0. The van der Waals surface area contributed by atoms with Gasteiger partial charge in [-0.15, -0.1) is 11.3 Å². The van der Waals surface area contributed by atoms with Gasteiger partial charge in [0.2, 0.25) is 0 Å². The van der Waals surface area contributed by atoms with Gasteiger partial charge < -0.3 is 5.73 Å². The molecule has 0 amide bonds. The van der Waals surface area contributed by atoms with Crippen LogP contribution in [0.5, 0.6) is 0 Å². The van der Waals surface area contributed by atoms with Crippen LogP contribution in [-0.2, 0) is 19.3 Å². The monoisotopic (exact) mass is 324 g/mol. The van der Waals surface area contributed by atoms with Crippen LogP contribution in [0.3, 0.4) is 0 Å². The van der Waals surface area contributed by atoms with E-state index >= 15 is 0 Å². The largest absolute Gasteiger partial charge is 0.375 e. The molecule has 2 aromatic heterocycles. The van der Waals surface area contributed by atoms with Crippen molar-refractivity contribution in [2.45, 2.75) is 32.6 Å². The summed E-state index contributed by atoms with van der Waals surface area (Å²) in [6.45, 7) is 2.16. The molecule has 0 aliphatic heterocycles. The van der Waals surface area contributed by atoms with E-state index in [9.17, 15) is 0 Å². The number of aromatic nitrogens is 3. The molecule has 0 saturated heterocycles. The molecule has 0 saturated carbocycles. The second kappa shape index (κ2) is 7.33. The van der Waals surface area contributed by atoms with Gasteiger partial charge in [-0.05, 0) is 37.3 Å². The van der Waals surface area contributed by atoms with Gasteiger partial charge in [-0.3, -0.25) is 0 Å². The molecular formula is C18H20N4S. The minimum atomic E-state index is 0.639. The van der Waals surface area contributed by atoms with Crippen LogP contribution >= 0.6 is 11.3 Å². The third-order valence-corrected chi connectivity index (χ3v) is 4.67. The van der Waals surface area contributed by atoms with E-state index in [-0.39, 0.29) is 0 Å². The Morgan fingerprint density at radius 3 is 2.74 bits per heavy atom. The van der Waals surface area contributed by atoms with Gasteiger partial charge in [0.25, 0.3) is 0 Å². The average molecular weight is 324 g/mol. The lowest BCUT2D eigenvalue weighted by Crippen LogP contribution is -1.98. The van der Waals surface area contributed by atoms with Crippen molar-refractivity contribution >= 4 is 16.5 Å². The van der Waals surface area contributed by atoms with Crippen molar-refractivity contribution in [3.05, 3.63) is 58.9 Å². The lowest BCUT2D eigenvalue weighted by atomic mass is 10.0. The van der Waals surface area contributed by atoms with E-state index in [1.54, 1.807) is 11.3 Å². The van der Waals surface area contributed by atoms with Crippen molar-refractivity contribution in [2.75, 3.05) is 5.73 Å². The first-order valence-electron chi connectivity index (χ1n) is 7.86. The van der Waals surface area contributed by atoms with Crippen molar-refractivity contribution < 1.29 is 0 Å². The number of anilines is 1. The molecule has 2 N–H and O–H groups in total. The van der Waals surface area contributed by atoms with Crippen LogP contribution in [0.4, 0.5) is 5.13 Å². The Balaban J connectivity index is 1.70. The summed E-state index contributed by atoms with van der Waals surface area (Å²) in [5.74, 6) is 0.821. The Hall–Kier alpha value is -2.27. The van der Waals surface area contributed by atoms with Crippen molar-refractivity contribution in [3.8, 4) is 11.4 Å². The Bertz CT molecular complexity index is 782. The SMILES string of the molecule is CCc1ccccc1-c1nccc(CCCc2cnc(N)s2)n1. The van der Waals surface area contributed by atoms with Gasteiger partial charge in [-0.2, -0.15) is 0 Å². The van der Waals surface area contributed by atoms with Crippen LogP contribution in [0.15, 0.2) is 42.7 Å². The smallest absolute Gasteiger partial charge is 0.180 e. The standard InChI is InChI=1S/C18H20N4S/c1-2-13-6-3-4-9-16(13)17-20-11-10-14(22-17)7-5-8-15-12-21-18(19)23-15/h3-4,6,9-12H,2,5,7-8H2,1H3,(H2,19,21). The predicted molar refractivity (Wildman–Crippen MR) is 95.4 cm³/mol. The first-order valence-corrected chi connectivity index (χ1v) is 8.68. The summed E-state index contributed by atoms with van der Waals surface area (Å²) in [6.07, 6.45) is 7.66. The zero-order chi connectivity index (χ0) is 16.1. The average Bonchev–Trinajstić information content (AvgIpc) is 3.00. The summed E-state index contributed by atoms with van der Waals surface area (Å²) in [5, 5.41) is 0.639. The Kier molecular flexibility index (Phi) is 4.98. The van der Waals surface area contributed by atoms with Crippen molar-refractivity contribution in [2.24, 2.45) is 0 Å². The quantitative estimate of drug-likeness (QED) is 0.746. The number of rotatable bonds is 6. The summed E-state index contributed by atoms with van der Waals surface area (Å²) in [7, 11) is 0. The number of thiazole rings is 1. The van der Waals surface area contributed by atoms with Crippen LogP contribution in [0, 0.1) is 0 Å². The fraction of sp³-hybridized carbons (Fsp3) is 0.278. The second-order valence-electron chi connectivity index (χ2n) is 5.40. The molecule has 4 nitrogen and oxygen atoms in total. The Morgan fingerprint density at radius 1 is 1.09 bits per heavy atom. The number of nitrogens with two attached hydrogens (primary N) is 1. The molecule has 0 bridgehead atoms. The predicted octanol–water partition coefficient (Wildman–Crippen LogP) is 3.92. The highest BCUT2D eigenvalue weighted by molar-refractivity contribution is 7.15. The zero-order valence-corrected chi connectivity index (χ0v) is 14.0. The molecule has 0 aliphatic rings. The summed E-state index contributed by atoms with van der Waals surface area (Å²) >= 11 is 1.56. The minimum Gasteiger partial charge on any atom is -0.375 e. The first kappa shape index (κ1) is 15.6. The lowest BCUT2D eigenvalue weighted by Gasteiger charge is -2.07. The molecule has 3 rings (SSSR count). The minimum absolute atomic E-state index is 0.639. The third kappa shape index (κ3) is 3.93. The van der Waals surface area contributed by atoms with Crippen LogP contribution < -0.4 is 5.73 Å². The number of benzene rings is 1. The number of hydrogen-bond donors (Lipinski definition) is 1. The molecule has 5 heteroatoms. The van der Waals surface area contributed by atoms with Crippen molar-refractivity contribution in [3.63, 3.8) is 0 Å². The number of nitrogens with zero attached hydrogens (tertiary/aromatic N) is 3. The van der Waals surface area contributed by atoms with Crippen molar-refractivity contribution in [1.29, 1.82) is 0 Å². The lowest BCUT2D eigenvalue weighted by molar-refractivity contribution is 0.803. The fourth-order valence-corrected chi connectivity index (χ4v) is 3.32. The molecule has 23 heavy (non-hydrogen) atoms. The molecule has 1 aromatic carbocycles. The Labute approximate surface area is 140 Å². The maximum atomic E-state index is 5.66. The molecule has 0 fully saturated rings. The Morgan fingerprint density at radius 2 is 1.96 bits per heavy atom. The van der Waals surface area contributed by atoms with E-state index in [2.05, 4.69) is 35.1 Å². The third-order valence-electron chi connectivity index (χ3n) is 3.78. The van der Waals surface area contributed by atoms with Crippen LogP contribution in [-0.4, -0.2) is 15.0 Å². The van der Waals surface area contributed by atoms with E-state index < -0.39 is 0 Å². The topological polar surface area (TPSA) is 64.7 Å². The first-order chi connectivity index (χ1) is 11.3. The molecule has 0 spiro atoms. The highest BCUT2D eigenvalue weighted by Crippen LogP contribution is 2.21. The molecular weight excluding hydrogens is 304 g/mol. The molecule has 3 aromatic rings. The van der Waals surface area contributed by atoms with E-state index in [0.717, 1.165) is 42.8 Å². The zero-order valence-electron chi connectivity index (χ0n) is 13.2. The number of nitrogen functional groups attached to an aromatic ring is 1. The maximum absolute atomic E-state index is 5.66. The number of aryl methyl sites for hydroxylation is 3. The summed E-state index contributed by atoms with van der Waals surface area (Å²) in [6, 6.07) is 10.3. The van der Waals surface area contributed by atoms with E-state index in [1.807, 2.05) is 24.5 Å². The van der Waals surface area contributed by atoms with Gasteiger partial charge in [0.1, 0.15) is 0 Å². The second-order valence-corrected chi connectivity index (χ2v) is 6.55. The van der Waals surface area contributed by atoms with Crippen LogP contribution in [0.1, 0.15) is 29.5 Å². The van der Waals surface area contributed by atoms with Crippen LogP contribution in [0.2, 0.25) is 0 Å². The van der Waals surface area contributed by atoms with Crippen LogP contribution in [0.25, 0.3) is 11.4 Å². The van der Waals surface area contributed by atoms with Gasteiger partial charge in [-0.25, -0.2) is 15.0 Å². The summed E-state index contributed by atoms with van der Waals surface area (Å²) in [4.78, 5) is 14.5. The molecule has 0 atom stereocenters. The van der Waals surface area contributed by atoms with Crippen molar-refractivity contribution in [1.82, 2.24) is 15.0 Å². The molecule has 0 radical (unpaired) electrons. The van der Waals surface area contributed by atoms with E-state index in [1.165, 1.54) is 10.4 Å². The molecule has 0 aliphatic carbocycles.